The standard InChI is InChI=1S/C18H23N5O2/c1-14-6-2-3-7-15(14)22-18(24)19-8-11-25-17-12-16(20-13-21-17)23-9-4-5-10-23/h2-3,6-7,12-13H,4-5,8-11H2,1H3,(H2,19,22,24). The first-order valence-electron chi connectivity index (χ1n) is 8.52. The predicted molar refractivity (Wildman–Crippen MR) is 97.2 cm³/mol. The Morgan fingerprint density at radius 2 is 2.04 bits per heavy atom. The minimum absolute atomic E-state index is 0.252. The van der Waals surface area contributed by atoms with Crippen molar-refractivity contribution in [1.82, 2.24) is 15.3 Å². The van der Waals surface area contributed by atoms with Crippen LogP contribution < -0.4 is 20.3 Å². The van der Waals surface area contributed by atoms with E-state index in [9.17, 15) is 4.79 Å². The van der Waals surface area contributed by atoms with Gasteiger partial charge in [0.25, 0.3) is 0 Å². The number of para-hydroxylation sites is 1. The molecule has 1 fully saturated rings. The van der Waals surface area contributed by atoms with Crippen LogP contribution in [0.15, 0.2) is 36.7 Å². The summed E-state index contributed by atoms with van der Waals surface area (Å²) in [5.41, 5.74) is 1.82. The van der Waals surface area contributed by atoms with Crippen LogP contribution in [-0.2, 0) is 0 Å². The Bertz CT molecular complexity index is 716. The zero-order chi connectivity index (χ0) is 17.5. The Morgan fingerprint density at radius 1 is 1.24 bits per heavy atom. The quantitative estimate of drug-likeness (QED) is 0.790. The predicted octanol–water partition coefficient (Wildman–Crippen LogP) is 2.59. The average molecular weight is 341 g/mol. The molecule has 0 atom stereocenters. The second-order valence-electron chi connectivity index (χ2n) is 5.95. The molecule has 7 heteroatoms. The third-order valence-electron chi connectivity index (χ3n) is 4.09. The van der Waals surface area contributed by atoms with Gasteiger partial charge in [-0.05, 0) is 31.4 Å². The van der Waals surface area contributed by atoms with E-state index in [0.717, 1.165) is 30.2 Å². The third-order valence-corrected chi connectivity index (χ3v) is 4.09. The third kappa shape index (κ3) is 4.82. The van der Waals surface area contributed by atoms with Gasteiger partial charge in [-0.1, -0.05) is 18.2 Å². The van der Waals surface area contributed by atoms with Gasteiger partial charge in [-0.2, -0.15) is 0 Å². The number of hydrogen-bond donors (Lipinski definition) is 2. The highest BCUT2D eigenvalue weighted by Gasteiger charge is 2.14. The highest BCUT2D eigenvalue weighted by molar-refractivity contribution is 5.89. The van der Waals surface area contributed by atoms with E-state index in [0.29, 0.717) is 19.0 Å². The maximum absolute atomic E-state index is 11.9. The summed E-state index contributed by atoms with van der Waals surface area (Å²) in [6.07, 6.45) is 3.90. The molecule has 1 aliphatic heterocycles. The van der Waals surface area contributed by atoms with Gasteiger partial charge in [0.05, 0.1) is 6.54 Å². The Hall–Kier alpha value is -2.83. The Morgan fingerprint density at radius 3 is 2.84 bits per heavy atom. The molecule has 2 aromatic rings. The molecule has 1 aliphatic rings. The molecule has 0 aliphatic carbocycles. The van der Waals surface area contributed by atoms with Crippen molar-refractivity contribution in [3.05, 3.63) is 42.2 Å². The van der Waals surface area contributed by atoms with Crippen LogP contribution in [0.4, 0.5) is 16.3 Å². The number of carbonyl (C=O) groups excluding carboxylic acids is 1. The van der Waals surface area contributed by atoms with Gasteiger partial charge >= 0.3 is 6.03 Å². The Balaban J connectivity index is 1.41. The molecule has 1 aromatic carbocycles. The molecule has 0 radical (unpaired) electrons. The highest BCUT2D eigenvalue weighted by Crippen LogP contribution is 2.20. The van der Waals surface area contributed by atoms with Crippen molar-refractivity contribution >= 4 is 17.5 Å². The first kappa shape index (κ1) is 17.0. The molecule has 3 rings (SSSR count). The smallest absolute Gasteiger partial charge is 0.319 e. The van der Waals surface area contributed by atoms with E-state index in [1.165, 1.54) is 19.2 Å². The summed E-state index contributed by atoms with van der Waals surface area (Å²) < 4.78 is 5.61. The number of anilines is 2. The van der Waals surface area contributed by atoms with E-state index in [2.05, 4.69) is 25.5 Å². The minimum Gasteiger partial charge on any atom is -0.476 e. The molecular formula is C18H23N5O2. The summed E-state index contributed by atoms with van der Waals surface area (Å²) in [6, 6.07) is 9.23. The van der Waals surface area contributed by atoms with Crippen LogP contribution in [0.2, 0.25) is 0 Å². The summed E-state index contributed by atoms with van der Waals surface area (Å²) >= 11 is 0. The van der Waals surface area contributed by atoms with Crippen LogP contribution >= 0.6 is 0 Å². The lowest BCUT2D eigenvalue weighted by molar-refractivity contribution is 0.246. The number of hydrogen-bond acceptors (Lipinski definition) is 5. The summed E-state index contributed by atoms with van der Waals surface area (Å²) in [5, 5.41) is 5.59. The number of aromatic nitrogens is 2. The van der Waals surface area contributed by atoms with Crippen molar-refractivity contribution in [3.63, 3.8) is 0 Å². The molecule has 0 bridgehead atoms. The van der Waals surface area contributed by atoms with Crippen molar-refractivity contribution in [2.75, 3.05) is 36.5 Å². The summed E-state index contributed by atoms with van der Waals surface area (Å²) in [7, 11) is 0. The Labute approximate surface area is 147 Å². The van der Waals surface area contributed by atoms with Crippen LogP contribution in [0, 0.1) is 6.92 Å². The molecule has 2 amide bonds. The SMILES string of the molecule is Cc1ccccc1NC(=O)NCCOc1cc(N2CCCC2)ncn1. The van der Waals surface area contributed by atoms with Gasteiger partial charge in [-0.25, -0.2) is 14.8 Å². The van der Waals surface area contributed by atoms with E-state index in [1.807, 2.05) is 37.3 Å². The summed E-state index contributed by atoms with van der Waals surface area (Å²) in [5.74, 6) is 1.42. The number of benzene rings is 1. The van der Waals surface area contributed by atoms with Gasteiger partial charge < -0.3 is 20.3 Å². The lowest BCUT2D eigenvalue weighted by atomic mass is 10.2. The molecule has 2 N–H and O–H groups in total. The van der Waals surface area contributed by atoms with Gasteiger partial charge in [0.1, 0.15) is 18.8 Å². The minimum atomic E-state index is -0.252. The van der Waals surface area contributed by atoms with Crippen LogP contribution in [0.5, 0.6) is 5.88 Å². The van der Waals surface area contributed by atoms with Crippen molar-refractivity contribution in [2.45, 2.75) is 19.8 Å². The zero-order valence-electron chi connectivity index (χ0n) is 14.4. The average Bonchev–Trinajstić information content (AvgIpc) is 3.16. The number of ether oxygens (including phenoxy) is 1. The monoisotopic (exact) mass is 341 g/mol. The topological polar surface area (TPSA) is 79.4 Å². The second-order valence-corrected chi connectivity index (χ2v) is 5.95. The first-order chi connectivity index (χ1) is 12.2. The number of aryl methyl sites for hydroxylation is 1. The molecule has 2 heterocycles. The first-order valence-corrected chi connectivity index (χ1v) is 8.52. The Kier molecular flexibility index (Phi) is 5.66. The molecule has 0 saturated carbocycles. The molecule has 1 aromatic heterocycles. The zero-order valence-corrected chi connectivity index (χ0v) is 14.4. The molecule has 132 valence electrons. The summed E-state index contributed by atoms with van der Waals surface area (Å²) in [4.78, 5) is 22.5. The van der Waals surface area contributed by atoms with Crippen LogP contribution in [0.1, 0.15) is 18.4 Å². The van der Waals surface area contributed by atoms with Crippen molar-refractivity contribution in [2.24, 2.45) is 0 Å². The maximum atomic E-state index is 11.9. The maximum Gasteiger partial charge on any atom is 0.319 e. The van der Waals surface area contributed by atoms with Crippen molar-refractivity contribution < 1.29 is 9.53 Å². The van der Waals surface area contributed by atoms with Gasteiger partial charge in [0, 0.05) is 24.8 Å². The molecule has 1 saturated heterocycles. The van der Waals surface area contributed by atoms with E-state index >= 15 is 0 Å². The normalized spacial score (nSPS) is 13.6. The molecule has 25 heavy (non-hydrogen) atoms. The van der Waals surface area contributed by atoms with Crippen molar-refractivity contribution in [3.8, 4) is 5.88 Å². The largest absolute Gasteiger partial charge is 0.476 e. The fourth-order valence-corrected chi connectivity index (χ4v) is 2.73. The number of amides is 2. The van der Waals surface area contributed by atoms with E-state index in [1.54, 1.807) is 0 Å². The molecular weight excluding hydrogens is 318 g/mol. The molecule has 0 unspecified atom stereocenters. The lowest BCUT2D eigenvalue weighted by Crippen LogP contribution is -2.32. The molecule has 7 nitrogen and oxygen atoms in total. The second kappa shape index (κ2) is 8.32. The van der Waals surface area contributed by atoms with E-state index in [-0.39, 0.29) is 6.03 Å². The lowest BCUT2D eigenvalue weighted by Gasteiger charge is -2.16. The van der Waals surface area contributed by atoms with Crippen LogP contribution in [0.3, 0.4) is 0 Å². The number of rotatable bonds is 6. The van der Waals surface area contributed by atoms with E-state index in [4.69, 9.17) is 4.74 Å². The van der Waals surface area contributed by atoms with Crippen molar-refractivity contribution in [1.29, 1.82) is 0 Å². The van der Waals surface area contributed by atoms with Gasteiger partial charge in [-0.15, -0.1) is 0 Å². The number of nitrogens with one attached hydrogen (secondary N) is 2. The van der Waals surface area contributed by atoms with Crippen LogP contribution in [-0.4, -0.2) is 42.2 Å². The fraction of sp³-hybridized carbons (Fsp3) is 0.389. The van der Waals surface area contributed by atoms with Gasteiger partial charge in [0.15, 0.2) is 0 Å². The van der Waals surface area contributed by atoms with E-state index < -0.39 is 0 Å². The van der Waals surface area contributed by atoms with Gasteiger partial charge in [-0.3, -0.25) is 0 Å². The number of urea groups is 1. The fourth-order valence-electron chi connectivity index (χ4n) is 2.73. The highest BCUT2D eigenvalue weighted by atomic mass is 16.5. The summed E-state index contributed by atoms with van der Waals surface area (Å²) in [6.45, 7) is 4.73. The van der Waals surface area contributed by atoms with Gasteiger partial charge in [0.2, 0.25) is 5.88 Å². The number of carbonyl (C=O) groups is 1. The molecule has 0 spiro atoms. The number of nitrogens with zero attached hydrogens (tertiary/aromatic N) is 3. The van der Waals surface area contributed by atoms with Crippen LogP contribution in [0.25, 0.3) is 0 Å².